The molecule has 0 unspecified atom stereocenters. The molecule has 0 aromatic carbocycles. The number of rotatable bonds is 34. The number of allylic oxidation sites excluding steroid dienone is 4. The third kappa shape index (κ3) is 36.8. The smallest absolute Gasteiger partial charge is 0.434 e. The number of hydrogen-bond donors (Lipinski definition) is 0. The van der Waals surface area contributed by atoms with Crippen LogP contribution < -0.4 is 0 Å². The van der Waals surface area contributed by atoms with Gasteiger partial charge in [-0.15, -0.1) is 0 Å². The van der Waals surface area contributed by atoms with Gasteiger partial charge in [0.1, 0.15) is 0 Å². The molecule has 42 heavy (non-hydrogen) atoms. The Kier molecular flexibility index (Phi) is 36.7. The highest BCUT2D eigenvalue weighted by Gasteiger charge is 2.03. The number of carbonyl (C=O) groups is 1. The zero-order chi connectivity index (χ0) is 30.4. The Balaban J connectivity index is 3.22. The molecular weight excluding hydrogens is 516 g/mol. The van der Waals surface area contributed by atoms with Crippen molar-refractivity contribution in [1.29, 1.82) is 0 Å². The standard InChI is InChI=1S/C39H74O3/c1-3-5-7-9-11-13-15-17-19-21-22-24-26-28-30-32-34-36-38-42-39(40)41-37-35-33-31-29-27-25-23-20-18-16-14-12-10-8-6-4-2/h18,20-22H,3-17,19,23-38H2,1-2H3/b20-18+,22-21-. The van der Waals surface area contributed by atoms with Crippen LogP contribution in [0.2, 0.25) is 0 Å². The average molecular weight is 591 g/mol. The molecule has 0 rings (SSSR count). The molecule has 0 fully saturated rings. The highest BCUT2D eigenvalue weighted by molar-refractivity contribution is 5.59. The van der Waals surface area contributed by atoms with Crippen molar-refractivity contribution in [3.05, 3.63) is 24.3 Å². The predicted molar refractivity (Wildman–Crippen MR) is 185 cm³/mol. The van der Waals surface area contributed by atoms with Crippen molar-refractivity contribution >= 4 is 6.16 Å². The minimum Gasteiger partial charge on any atom is -0.434 e. The van der Waals surface area contributed by atoms with E-state index >= 15 is 0 Å². The molecule has 0 aliphatic carbocycles. The second-order valence-electron chi connectivity index (χ2n) is 12.5. The van der Waals surface area contributed by atoms with E-state index in [4.69, 9.17) is 9.47 Å². The fraction of sp³-hybridized carbons (Fsp3) is 0.872. The third-order valence-corrected chi connectivity index (χ3v) is 8.25. The van der Waals surface area contributed by atoms with E-state index in [0.29, 0.717) is 13.2 Å². The van der Waals surface area contributed by atoms with Gasteiger partial charge in [0.05, 0.1) is 13.2 Å². The Morgan fingerprint density at radius 3 is 0.881 bits per heavy atom. The summed E-state index contributed by atoms with van der Waals surface area (Å²) in [6.45, 7) is 5.55. The molecule has 0 spiro atoms. The zero-order valence-electron chi connectivity index (χ0n) is 28.7. The maximum Gasteiger partial charge on any atom is 0.508 e. The van der Waals surface area contributed by atoms with E-state index in [9.17, 15) is 4.79 Å². The molecule has 0 bridgehead atoms. The summed E-state index contributed by atoms with van der Waals surface area (Å²) < 4.78 is 10.4. The van der Waals surface area contributed by atoms with Crippen LogP contribution in [0.4, 0.5) is 4.79 Å². The Hall–Kier alpha value is -1.25. The van der Waals surface area contributed by atoms with Gasteiger partial charge in [0.2, 0.25) is 0 Å². The number of ether oxygens (including phenoxy) is 2. The van der Waals surface area contributed by atoms with Gasteiger partial charge >= 0.3 is 6.16 Å². The molecule has 0 amide bonds. The van der Waals surface area contributed by atoms with Crippen LogP contribution in [0.1, 0.15) is 206 Å². The van der Waals surface area contributed by atoms with E-state index in [2.05, 4.69) is 38.2 Å². The minimum atomic E-state index is -0.485. The van der Waals surface area contributed by atoms with Crippen molar-refractivity contribution < 1.29 is 14.3 Å². The van der Waals surface area contributed by atoms with Crippen molar-refractivity contribution in [3.63, 3.8) is 0 Å². The first kappa shape index (κ1) is 40.8. The summed E-state index contributed by atoms with van der Waals surface area (Å²) in [5.74, 6) is 0. The SMILES string of the molecule is CCCCCCCC/C=C/CCCCCCCCOC(=O)OCCCCCCCC/C=C\CCCCCCCCCC. The van der Waals surface area contributed by atoms with Crippen LogP contribution in [-0.2, 0) is 9.47 Å². The molecule has 0 radical (unpaired) electrons. The lowest BCUT2D eigenvalue weighted by Crippen LogP contribution is -2.09. The zero-order valence-corrected chi connectivity index (χ0v) is 28.7. The van der Waals surface area contributed by atoms with Crippen molar-refractivity contribution in [1.82, 2.24) is 0 Å². The summed E-state index contributed by atoms with van der Waals surface area (Å²) in [5.41, 5.74) is 0. The van der Waals surface area contributed by atoms with E-state index < -0.39 is 6.16 Å². The van der Waals surface area contributed by atoms with Gasteiger partial charge in [-0.1, -0.05) is 167 Å². The van der Waals surface area contributed by atoms with Gasteiger partial charge in [0.15, 0.2) is 0 Å². The lowest BCUT2D eigenvalue weighted by molar-refractivity contribution is 0.0529. The molecule has 248 valence electrons. The van der Waals surface area contributed by atoms with Crippen molar-refractivity contribution in [2.24, 2.45) is 0 Å². The highest BCUT2D eigenvalue weighted by Crippen LogP contribution is 2.12. The molecule has 0 saturated heterocycles. The topological polar surface area (TPSA) is 35.5 Å². The molecule has 0 N–H and O–H groups in total. The first-order valence-electron chi connectivity index (χ1n) is 18.9. The molecule has 0 aliphatic heterocycles. The van der Waals surface area contributed by atoms with E-state index in [1.54, 1.807) is 0 Å². The average Bonchev–Trinajstić information content (AvgIpc) is 3.00. The van der Waals surface area contributed by atoms with Gasteiger partial charge < -0.3 is 9.47 Å². The summed E-state index contributed by atoms with van der Waals surface area (Å²) in [7, 11) is 0. The van der Waals surface area contributed by atoms with Crippen molar-refractivity contribution in [3.8, 4) is 0 Å². The normalized spacial score (nSPS) is 11.7. The van der Waals surface area contributed by atoms with Gasteiger partial charge in [-0.25, -0.2) is 4.79 Å². The maximum absolute atomic E-state index is 11.7. The monoisotopic (exact) mass is 591 g/mol. The summed E-state index contributed by atoms with van der Waals surface area (Å²) in [6.07, 6.45) is 47.9. The Morgan fingerprint density at radius 2 is 0.595 bits per heavy atom. The van der Waals surface area contributed by atoms with Gasteiger partial charge in [-0.2, -0.15) is 0 Å². The van der Waals surface area contributed by atoms with Crippen LogP contribution in [0.3, 0.4) is 0 Å². The summed E-state index contributed by atoms with van der Waals surface area (Å²) in [5, 5.41) is 0. The highest BCUT2D eigenvalue weighted by atomic mass is 16.7. The fourth-order valence-corrected chi connectivity index (χ4v) is 5.41. The molecule has 0 atom stereocenters. The first-order valence-corrected chi connectivity index (χ1v) is 18.9. The van der Waals surface area contributed by atoms with Gasteiger partial charge in [0.25, 0.3) is 0 Å². The molecule has 0 aromatic rings. The Morgan fingerprint density at radius 1 is 0.357 bits per heavy atom. The van der Waals surface area contributed by atoms with Gasteiger partial charge in [0, 0.05) is 0 Å². The summed E-state index contributed by atoms with van der Waals surface area (Å²) in [4.78, 5) is 11.7. The summed E-state index contributed by atoms with van der Waals surface area (Å²) in [6, 6.07) is 0. The Bertz CT molecular complexity index is 568. The molecular formula is C39H74O3. The van der Waals surface area contributed by atoms with E-state index in [-0.39, 0.29) is 0 Å². The van der Waals surface area contributed by atoms with Crippen LogP contribution in [0.5, 0.6) is 0 Å². The molecule has 3 nitrogen and oxygen atoms in total. The number of carbonyl (C=O) groups excluding carboxylic acids is 1. The third-order valence-electron chi connectivity index (χ3n) is 8.25. The van der Waals surface area contributed by atoms with Crippen LogP contribution in [0.15, 0.2) is 24.3 Å². The van der Waals surface area contributed by atoms with E-state index in [1.807, 2.05) is 0 Å². The molecule has 0 aliphatic rings. The lowest BCUT2D eigenvalue weighted by Gasteiger charge is -2.06. The largest absolute Gasteiger partial charge is 0.508 e. The second kappa shape index (κ2) is 37.8. The van der Waals surface area contributed by atoms with Crippen LogP contribution >= 0.6 is 0 Å². The second-order valence-corrected chi connectivity index (χ2v) is 12.5. The molecule has 0 aromatic heterocycles. The van der Waals surface area contributed by atoms with Crippen molar-refractivity contribution in [2.75, 3.05) is 13.2 Å². The van der Waals surface area contributed by atoms with Crippen LogP contribution in [0.25, 0.3) is 0 Å². The predicted octanol–water partition coefficient (Wildman–Crippen LogP) is 14.0. The van der Waals surface area contributed by atoms with Gasteiger partial charge in [-0.3, -0.25) is 0 Å². The van der Waals surface area contributed by atoms with Gasteiger partial charge in [-0.05, 0) is 64.2 Å². The molecule has 3 heteroatoms. The van der Waals surface area contributed by atoms with Crippen LogP contribution in [-0.4, -0.2) is 19.4 Å². The minimum absolute atomic E-state index is 0.485. The maximum atomic E-state index is 11.7. The fourth-order valence-electron chi connectivity index (χ4n) is 5.41. The number of unbranched alkanes of at least 4 members (excludes halogenated alkanes) is 26. The summed E-state index contributed by atoms with van der Waals surface area (Å²) >= 11 is 0. The lowest BCUT2D eigenvalue weighted by atomic mass is 10.1. The van der Waals surface area contributed by atoms with Crippen LogP contribution in [0, 0.1) is 0 Å². The molecule has 0 heterocycles. The first-order chi connectivity index (χ1) is 20.8. The molecule has 0 saturated carbocycles. The Labute approximate surface area is 264 Å². The van der Waals surface area contributed by atoms with Crippen molar-refractivity contribution in [2.45, 2.75) is 206 Å². The quantitative estimate of drug-likeness (QED) is 0.0425. The van der Waals surface area contributed by atoms with E-state index in [1.165, 1.54) is 167 Å². The van der Waals surface area contributed by atoms with E-state index in [0.717, 1.165) is 25.7 Å². The number of hydrogen-bond acceptors (Lipinski definition) is 3.